The van der Waals surface area contributed by atoms with Crippen LogP contribution in [0.3, 0.4) is 0 Å². The lowest BCUT2D eigenvalue weighted by molar-refractivity contribution is 0.119. The van der Waals surface area contributed by atoms with Gasteiger partial charge in [0.1, 0.15) is 11.3 Å². The number of ether oxygens (including phenoxy) is 1. The molecule has 27 heavy (non-hydrogen) atoms. The summed E-state index contributed by atoms with van der Waals surface area (Å²) in [5, 5.41) is 0.625. The summed E-state index contributed by atoms with van der Waals surface area (Å²) in [5.41, 5.74) is 9.01. The summed E-state index contributed by atoms with van der Waals surface area (Å²) < 4.78 is 6.13. The molecular weight excluding hydrogens is 360 g/mol. The fourth-order valence-electron chi connectivity index (χ4n) is 4.20. The molecule has 6 heteroatoms. The Labute approximate surface area is 165 Å². The van der Waals surface area contributed by atoms with Gasteiger partial charge in [0.2, 0.25) is 0 Å². The van der Waals surface area contributed by atoms with Crippen LogP contribution < -0.4 is 10.5 Å². The van der Waals surface area contributed by atoms with Crippen LogP contribution in [0.4, 0.5) is 0 Å². The Kier molecular flexibility index (Phi) is 4.72. The minimum Gasteiger partial charge on any atom is -0.493 e. The molecular formula is C21H25ClN4O. The molecule has 5 nitrogen and oxygen atoms in total. The third kappa shape index (κ3) is 3.14. The highest BCUT2D eigenvalue weighted by atomic mass is 35.5. The van der Waals surface area contributed by atoms with Crippen molar-refractivity contribution in [2.24, 2.45) is 16.6 Å². The van der Waals surface area contributed by atoms with Crippen LogP contribution in [-0.4, -0.2) is 36.0 Å². The van der Waals surface area contributed by atoms with Gasteiger partial charge in [-0.2, -0.15) is 0 Å². The Bertz CT molecular complexity index is 884. The molecule has 2 N–H and O–H groups in total. The number of halogens is 1. The molecule has 142 valence electrons. The van der Waals surface area contributed by atoms with Gasteiger partial charge in [0, 0.05) is 36.5 Å². The standard InChI is InChI=1S/C21H25ClN4O/c1-3-4-5-16-12-27-19-7-6-14(15-8-17(22)11-24-10-15)9-18(19)21(16)13-26(2)20(23)25-21/h6-11,16H,3-5,12-13H2,1-2H3,(H2,23,25)/t16-,21?/m1/s1. The monoisotopic (exact) mass is 384 g/mol. The maximum Gasteiger partial charge on any atom is 0.192 e. The fraction of sp³-hybridized carbons (Fsp3) is 0.429. The number of hydrogen-bond donors (Lipinski definition) is 1. The van der Waals surface area contributed by atoms with Crippen molar-refractivity contribution in [1.29, 1.82) is 0 Å². The first-order valence-corrected chi connectivity index (χ1v) is 9.86. The van der Waals surface area contributed by atoms with E-state index in [1.54, 1.807) is 6.20 Å². The lowest BCUT2D eigenvalue weighted by Crippen LogP contribution is -2.44. The molecule has 3 heterocycles. The third-order valence-corrected chi connectivity index (χ3v) is 5.90. The number of likely N-dealkylation sites (N-methyl/N-ethyl adjacent to an activating group) is 1. The largest absolute Gasteiger partial charge is 0.493 e. The van der Waals surface area contributed by atoms with Crippen LogP contribution in [-0.2, 0) is 5.54 Å². The first kappa shape index (κ1) is 18.1. The molecule has 1 unspecified atom stereocenters. The summed E-state index contributed by atoms with van der Waals surface area (Å²) >= 11 is 6.15. The molecule has 4 rings (SSSR count). The number of aromatic nitrogens is 1. The van der Waals surface area contributed by atoms with E-state index < -0.39 is 0 Å². The van der Waals surface area contributed by atoms with Crippen LogP contribution >= 0.6 is 11.6 Å². The molecule has 0 aliphatic carbocycles. The van der Waals surface area contributed by atoms with E-state index in [1.165, 1.54) is 0 Å². The van der Waals surface area contributed by atoms with Crippen LogP contribution in [0.5, 0.6) is 5.75 Å². The van der Waals surface area contributed by atoms with E-state index in [2.05, 4.69) is 24.0 Å². The number of hydrogen-bond acceptors (Lipinski definition) is 5. The Hall–Kier alpha value is -2.27. The Morgan fingerprint density at radius 2 is 2.15 bits per heavy atom. The third-order valence-electron chi connectivity index (χ3n) is 5.69. The van der Waals surface area contributed by atoms with Crippen molar-refractivity contribution in [3.8, 4) is 16.9 Å². The number of aliphatic imine (C=N–C) groups is 1. The molecule has 0 bridgehead atoms. The van der Waals surface area contributed by atoms with E-state index in [0.29, 0.717) is 23.5 Å². The lowest BCUT2D eigenvalue weighted by Gasteiger charge is -2.40. The van der Waals surface area contributed by atoms with Gasteiger partial charge in [-0.05, 0) is 30.2 Å². The summed E-state index contributed by atoms with van der Waals surface area (Å²) in [7, 11) is 2.00. The summed E-state index contributed by atoms with van der Waals surface area (Å²) in [4.78, 5) is 11.3. The van der Waals surface area contributed by atoms with Gasteiger partial charge in [0.25, 0.3) is 0 Å². The molecule has 1 aromatic carbocycles. The fourth-order valence-corrected chi connectivity index (χ4v) is 4.37. The second-order valence-electron chi connectivity index (χ2n) is 7.50. The molecule has 0 saturated carbocycles. The zero-order chi connectivity index (χ0) is 19.0. The first-order chi connectivity index (χ1) is 13.0. The van der Waals surface area contributed by atoms with Crippen molar-refractivity contribution in [2.45, 2.75) is 31.7 Å². The number of nitrogens with zero attached hydrogens (tertiary/aromatic N) is 3. The highest BCUT2D eigenvalue weighted by Crippen LogP contribution is 2.48. The predicted octanol–water partition coefficient (Wildman–Crippen LogP) is 4.06. The van der Waals surface area contributed by atoms with Gasteiger partial charge < -0.3 is 15.4 Å². The normalized spacial score (nSPS) is 23.9. The van der Waals surface area contributed by atoms with Gasteiger partial charge >= 0.3 is 0 Å². The number of guanidine groups is 1. The second-order valence-corrected chi connectivity index (χ2v) is 7.94. The van der Waals surface area contributed by atoms with Gasteiger partial charge in [-0.15, -0.1) is 0 Å². The lowest BCUT2D eigenvalue weighted by atomic mass is 9.74. The first-order valence-electron chi connectivity index (χ1n) is 9.48. The number of pyridine rings is 1. The maximum atomic E-state index is 6.21. The second kappa shape index (κ2) is 7.04. The Balaban J connectivity index is 1.82. The van der Waals surface area contributed by atoms with Gasteiger partial charge in [-0.3, -0.25) is 4.98 Å². The van der Waals surface area contributed by atoms with Gasteiger partial charge in [-0.25, -0.2) is 4.99 Å². The molecule has 2 aromatic rings. The van der Waals surface area contributed by atoms with Crippen LogP contribution in [0.1, 0.15) is 31.7 Å². The summed E-state index contributed by atoms with van der Waals surface area (Å²) in [6.45, 7) is 3.67. The van der Waals surface area contributed by atoms with E-state index in [1.807, 2.05) is 30.3 Å². The van der Waals surface area contributed by atoms with E-state index in [4.69, 9.17) is 27.1 Å². The zero-order valence-electron chi connectivity index (χ0n) is 15.8. The number of fused-ring (bicyclic) bond motifs is 2. The predicted molar refractivity (Wildman–Crippen MR) is 109 cm³/mol. The van der Waals surface area contributed by atoms with Crippen molar-refractivity contribution < 1.29 is 4.74 Å². The molecule has 0 saturated heterocycles. The molecule has 2 aliphatic rings. The average Bonchev–Trinajstić information content (AvgIpc) is 2.96. The van der Waals surface area contributed by atoms with Crippen molar-refractivity contribution >= 4 is 17.6 Å². The quantitative estimate of drug-likeness (QED) is 0.863. The Morgan fingerprint density at radius 1 is 1.30 bits per heavy atom. The van der Waals surface area contributed by atoms with Crippen LogP contribution in [0.2, 0.25) is 5.02 Å². The van der Waals surface area contributed by atoms with Gasteiger partial charge in [-0.1, -0.05) is 37.4 Å². The molecule has 0 fully saturated rings. The van der Waals surface area contributed by atoms with Crippen molar-refractivity contribution in [3.63, 3.8) is 0 Å². The molecule has 0 radical (unpaired) electrons. The zero-order valence-corrected chi connectivity index (χ0v) is 16.5. The summed E-state index contributed by atoms with van der Waals surface area (Å²) in [6, 6.07) is 8.20. The van der Waals surface area contributed by atoms with E-state index in [9.17, 15) is 0 Å². The van der Waals surface area contributed by atoms with E-state index in [0.717, 1.165) is 48.2 Å². The molecule has 2 aliphatic heterocycles. The number of benzene rings is 1. The molecule has 1 spiro atoms. The highest BCUT2D eigenvalue weighted by molar-refractivity contribution is 6.30. The maximum absolute atomic E-state index is 6.21. The number of rotatable bonds is 4. The molecule has 0 amide bonds. The Morgan fingerprint density at radius 3 is 2.85 bits per heavy atom. The SMILES string of the molecule is CCCC[C@@H]1COc2ccc(-c3cncc(Cl)c3)cc2C12CN(C)C(N)=N2. The summed E-state index contributed by atoms with van der Waals surface area (Å²) in [6.07, 6.45) is 6.86. The minimum absolute atomic E-state index is 0.307. The van der Waals surface area contributed by atoms with Gasteiger partial charge in [0.05, 0.1) is 18.2 Å². The highest BCUT2D eigenvalue weighted by Gasteiger charge is 2.49. The van der Waals surface area contributed by atoms with Gasteiger partial charge in [0.15, 0.2) is 5.96 Å². The van der Waals surface area contributed by atoms with Crippen molar-refractivity contribution in [2.75, 3.05) is 20.2 Å². The van der Waals surface area contributed by atoms with Crippen molar-refractivity contribution in [3.05, 3.63) is 47.2 Å². The van der Waals surface area contributed by atoms with Crippen molar-refractivity contribution in [1.82, 2.24) is 9.88 Å². The number of unbranched alkanes of at least 4 members (excludes halogenated alkanes) is 1. The smallest absolute Gasteiger partial charge is 0.192 e. The number of nitrogens with two attached hydrogens (primary N) is 1. The van der Waals surface area contributed by atoms with E-state index in [-0.39, 0.29) is 5.54 Å². The molecule has 1 aromatic heterocycles. The minimum atomic E-state index is -0.358. The average molecular weight is 385 g/mol. The summed E-state index contributed by atoms with van der Waals surface area (Å²) in [5.74, 6) is 1.80. The topological polar surface area (TPSA) is 63.7 Å². The van der Waals surface area contributed by atoms with Crippen LogP contribution in [0.15, 0.2) is 41.7 Å². The van der Waals surface area contributed by atoms with E-state index >= 15 is 0 Å². The molecule has 2 atom stereocenters. The van der Waals surface area contributed by atoms with Crippen LogP contribution in [0, 0.1) is 5.92 Å². The van der Waals surface area contributed by atoms with Crippen LogP contribution in [0.25, 0.3) is 11.1 Å².